The van der Waals surface area contributed by atoms with E-state index in [0.29, 0.717) is 5.75 Å². The summed E-state index contributed by atoms with van der Waals surface area (Å²) in [4.78, 5) is 14.7. The monoisotopic (exact) mass is 522 g/mol. The minimum atomic E-state index is -0.505. The number of benzene rings is 2. The lowest BCUT2D eigenvalue weighted by molar-refractivity contribution is 0.0448. The molecule has 0 aromatic heterocycles. The van der Waals surface area contributed by atoms with Gasteiger partial charge in [-0.3, -0.25) is 5.01 Å². The van der Waals surface area contributed by atoms with Gasteiger partial charge < -0.3 is 24.4 Å². The minimum absolute atomic E-state index is 0.251. The fourth-order valence-corrected chi connectivity index (χ4v) is 5.05. The van der Waals surface area contributed by atoms with Crippen LogP contribution in [0, 0.1) is 0 Å². The van der Waals surface area contributed by atoms with Gasteiger partial charge in [-0.1, -0.05) is 12.1 Å². The van der Waals surface area contributed by atoms with Gasteiger partial charge in [0.1, 0.15) is 5.60 Å². The number of carbonyl (C=O) groups is 1. The van der Waals surface area contributed by atoms with Crippen LogP contribution in [0.5, 0.6) is 11.5 Å². The number of carbonyl (C=O) groups excluding carboxylic acids is 1. The van der Waals surface area contributed by atoms with Gasteiger partial charge in [-0.2, -0.15) is 5.10 Å². The van der Waals surface area contributed by atoms with E-state index in [0.717, 1.165) is 60.6 Å². The van der Waals surface area contributed by atoms with E-state index < -0.39 is 5.60 Å². The Morgan fingerprint density at radius 1 is 1.05 bits per heavy atom. The highest BCUT2D eigenvalue weighted by Gasteiger charge is 2.33. The van der Waals surface area contributed by atoms with Crippen molar-refractivity contribution >= 4 is 17.5 Å². The van der Waals surface area contributed by atoms with E-state index in [1.54, 1.807) is 14.2 Å². The first-order valence-corrected chi connectivity index (χ1v) is 13.3. The molecule has 1 amide bonds. The summed E-state index contributed by atoms with van der Waals surface area (Å²) in [6, 6.07) is 13.0. The highest BCUT2D eigenvalue weighted by molar-refractivity contribution is 6.14. The van der Waals surface area contributed by atoms with Crippen LogP contribution in [0.3, 0.4) is 0 Å². The van der Waals surface area contributed by atoms with Gasteiger partial charge in [0.2, 0.25) is 0 Å². The number of likely N-dealkylation sites (N-methyl/N-ethyl adjacent to an activating group) is 1. The standard InChI is InChI=1S/C30H42N4O4/c1-20-17-22-18-25(36-7)26(37-8)19-24(22)27(32-33(20)6)21-9-11-23(12-10-21)34-15-13-30(5,14-16-34)31-28(35)38-29(2,3)4/h9-12,18-20H,13-17H2,1-8H3,(H,31,35). The molecular weight excluding hydrogens is 480 g/mol. The second-order valence-corrected chi connectivity index (χ2v) is 11.7. The number of hydrazone groups is 1. The highest BCUT2D eigenvalue weighted by atomic mass is 16.6. The third-order valence-electron chi connectivity index (χ3n) is 7.45. The highest BCUT2D eigenvalue weighted by Crippen LogP contribution is 2.35. The molecule has 1 saturated heterocycles. The molecule has 0 aliphatic carbocycles. The SMILES string of the molecule is COc1cc2c(cc1OC)C(c1ccc(N3CCC(C)(NC(=O)OC(C)(C)C)CC3)cc1)=NN(C)C(C)C2. The van der Waals surface area contributed by atoms with Gasteiger partial charge >= 0.3 is 6.09 Å². The largest absolute Gasteiger partial charge is 0.493 e. The number of amides is 1. The number of rotatable bonds is 5. The second-order valence-electron chi connectivity index (χ2n) is 11.7. The maximum Gasteiger partial charge on any atom is 0.408 e. The average molecular weight is 523 g/mol. The van der Waals surface area contributed by atoms with E-state index in [2.05, 4.69) is 54.4 Å². The fraction of sp³-hybridized carbons (Fsp3) is 0.533. The Balaban J connectivity index is 1.52. The first-order chi connectivity index (χ1) is 17.9. The number of ether oxygens (including phenoxy) is 3. The molecule has 1 atom stereocenters. The van der Waals surface area contributed by atoms with Crippen LogP contribution in [0.15, 0.2) is 41.5 Å². The molecule has 4 rings (SSSR count). The zero-order valence-corrected chi connectivity index (χ0v) is 24.1. The summed E-state index contributed by atoms with van der Waals surface area (Å²) in [7, 11) is 5.35. The number of nitrogens with one attached hydrogen (secondary N) is 1. The van der Waals surface area contributed by atoms with Gasteiger partial charge in [0.25, 0.3) is 0 Å². The van der Waals surface area contributed by atoms with Crippen molar-refractivity contribution in [3.8, 4) is 11.5 Å². The molecular formula is C30H42N4O4. The summed E-state index contributed by atoms with van der Waals surface area (Å²) in [5.74, 6) is 1.43. The number of alkyl carbamates (subject to hydrolysis) is 1. The molecule has 8 heteroatoms. The lowest BCUT2D eigenvalue weighted by Gasteiger charge is -2.41. The number of hydrogen-bond donors (Lipinski definition) is 1. The van der Waals surface area contributed by atoms with Gasteiger partial charge in [0, 0.05) is 48.5 Å². The van der Waals surface area contributed by atoms with Crippen LogP contribution in [0.25, 0.3) is 0 Å². The van der Waals surface area contributed by atoms with Crippen LogP contribution in [-0.2, 0) is 11.2 Å². The second kappa shape index (κ2) is 10.8. The molecule has 1 N–H and O–H groups in total. The maximum atomic E-state index is 12.3. The molecule has 0 radical (unpaired) electrons. The molecule has 1 fully saturated rings. The first-order valence-electron chi connectivity index (χ1n) is 13.3. The number of fused-ring (bicyclic) bond motifs is 1. The van der Waals surface area contributed by atoms with E-state index in [9.17, 15) is 4.79 Å². The quantitative estimate of drug-likeness (QED) is 0.581. The normalized spacial score (nSPS) is 19.2. The molecule has 8 nitrogen and oxygen atoms in total. The fourth-order valence-electron chi connectivity index (χ4n) is 5.05. The first kappa shape index (κ1) is 27.6. The molecule has 2 aliphatic heterocycles. The molecule has 0 saturated carbocycles. The van der Waals surface area contributed by atoms with Gasteiger partial charge in [0.05, 0.1) is 19.9 Å². The summed E-state index contributed by atoms with van der Waals surface area (Å²) in [5, 5.41) is 10.1. The predicted octanol–water partition coefficient (Wildman–Crippen LogP) is 5.22. The topological polar surface area (TPSA) is 75.6 Å². The Bertz CT molecular complexity index is 1180. The summed E-state index contributed by atoms with van der Waals surface area (Å²) >= 11 is 0. The molecule has 2 aromatic rings. The molecule has 2 aliphatic rings. The number of anilines is 1. The Morgan fingerprint density at radius 2 is 1.66 bits per heavy atom. The van der Waals surface area contributed by atoms with Crippen LogP contribution >= 0.6 is 0 Å². The molecule has 0 bridgehead atoms. The van der Waals surface area contributed by atoms with Crippen molar-refractivity contribution in [1.82, 2.24) is 10.3 Å². The molecule has 2 heterocycles. The number of piperidine rings is 1. The van der Waals surface area contributed by atoms with Gasteiger partial charge in [0.15, 0.2) is 11.5 Å². The van der Waals surface area contributed by atoms with E-state index in [1.165, 1.54) is 5.56 Å². The van der Waals surface area contributed by atoms with Crippen molar-refractivity contribution in [2.45, 2.75) is 71.1 Å². The number of nitrogens with zero attached hydrogens (tertiary/aromatic N) is 3. The van der Waals surface area contributed by atoms with Crippen molar-refractivity contribution in [2.75, 3.05) is 39.3 Å². The van der Waals surface area contributed by atoms with E-state index >= 15 is 0 Å². The molecule has 206 valence electrons. The Kier molecular flexibility index (Phi) is 7.81. The maximum absolute atomic E-state index is 12.3. The Labute approximate surface area is 226 Å². The zero-order valence-electron chi connectivity index (χ0n) is 24.1. The van der Waals surface area contributed by atoms with E-state index in [4.69, 9.17) is 19.3 Å². The third-order valence-corrected chi connectivity index (χ3v) is 7.45. The summed E-state index contributed by atoms with van der Waals surface area (Å²) in [6.45, 7) is 11.6. The smallest absolute Gasteiger partial charge is 0.408 e. The van der Waals surface area contributed by atoms with Crippen LogP contribution in [0.2, 0.25) is 0 Å². The van der Waals surface area contributed by atoms with Gasteiger partial charge in [-0.05, 0) is 83.7 Å². The van der Waals surface area contributed by atoms with Crippen molar-refractivity contribution < 1.29 is 19.0 Å². The Morgan fingerprint density at radius 3 is 2.24 bits per heavy atom. The van der Waals surface area contributed by atoms with Crippen LogP contribution in [-0.4, -0.2) is 68.4 Å². The molecule has 1 unspecified atom stereocenters. The van der Waals surface area contributed by atoms with Gasteiger partial charge in [-0.25, -0.2) is 4.79 Å². The third kappa shape index (κ3) is 6.17. The molecule has 38 heavy (non-hydrogen) atoms. The predicted molar refractivity (Wildman–Crippen MR) is 152 cm³/mol. The lowest BCUT2D eigenvalue weighted by Crippen LogP contribution is -2.54. The minimum Gasteiger partial charge on any atom is -0.493 e. The average Bonchev–Trinajstić information content (AvgIpc) is 2.97. The van der Waals surface area contributed by atoms with E-state index in [1.807, 2.05) is 38.9 Å². The van der Waals surface area contributed by atoms with E-state index in [-0.39, 0.29) is 17.7 Å². The number of hydrogen-bond acceptors (Lipinski definition) is 7. The van der Waals surface area contributed by atoms with Crippen LogP contribution in [0.4, 0.5) is 10.5 Å². The van der Waals surface area contributed by atoms with Crippen molar-refractivity contribution in [2.24, 2.45) is 5.10 Å². The zero-order chi connectivity index (χ0) is 27.7. The number of methoxy groups -OCH3 is 2. The summed E-state index contributed by atoms with van der Waals surface area (Å²) < 4.78 is 16.7. The van der Waals surface area contributed by atoms with Crippen LogP contribution in [0.1, 0.15) is 64.2 Å². The molecule has 0 spiro atoms. The lowest BCUT2D eigenvalue weighted by atomic mass is 9.89. The van der Waals surface area contributed by atoms with Crippen molar-refractivity contribution in [1.29, 1.82) is 0 Å². The summed E-state index contributed by atoms with van der Waals surface area (Å²) in [5.41, 5.74) is 4.61. The summed E-state index contributed by atoms with van der Waals surface area (Å²) in [6.07, 6.45) is 2.20. The molecule has 2 aromatic carbocycles. The Hall–Kier alpha value is -3.42. The van der Waals surface area contributed by atoms with Gasteiger partial charge in [-0.15, -0.1) is 0 Å². The van der Waals surface area contributed by atoms with Crippen LogP contribution < -0.4 is 19.7 Å². The van der Waals surface area contributed by atoms with Crippen molar-refractivity contribution in [3.05, 3.63) is 53.1 Å². The van der Waals surface area contributed by atoms with Crippen molar-refractivity contribution in [3.63, 3.8) is 0 Å².